The average molecular weight is 417 g/mol. The molecule has 7 nitrogen and oxygen atoms in total. The Labute approximate surface area is 178 Å². The van der Waals surface area contributed by atoms with E-state index in [0.717, 1.165) is 16.8 Å². The van der Waals surface area contributed by atoms with Gasteiger partial charge in [0.15, 0.2) is 12.6 Å². The minimum atomic E-state index is -0.537. The maximum atomic E-state index is 13.4. The molecule has 1 aliphatic carbocycles. The van der Waals surface area contributed by atoms with Crippen molar-refractivity contribution in [3.63, 3.8) is 0 Å². The first kappa shape index (κ1) is 19.1. The monoisotopic (exact) mass is 417 g/mol. The summed E-state index contributed by atoms with van der Waals surface area (Å²) >= 11 is 0. The second-order valence-corrected chi connectivity index (χ2v) is 7.73. The van der Waals surface area contributed by atoms with Gasteiger partial charge in [-0.3, -0.25) is 4.79 Å². The van der Waals surface area contributed by atoms with Crippen molar-refractivity contribution >= 4 is 17.3 Å². The van der Waals surface area contributed by atoms with E-state index in [1.165, 1.54) is 11.6 Å². The lowest BCUT2D eigenvalue weighted by Gasteiger charge is -2.21. The quantitative estimate of drug-likeness (QED) is 0.554. The molecule has 0 fully saturated rings. The summed E-state index contributed by atoms with van der Waals surface area (Å²) in [6.45, 7) is 2.44. The molecule has 2 heterocycles. The van der Waals surface area contributed by atoms with Gasteiger partial charge in [0.05, 0.1) is 23.7 Å². The number of nitrogens with zero attached hydrogens (tertiary/aromatic N) is 2. The molecule has 2 aliphatic rings. The first-order chi connectivity index (χ1) is 14.9. The third-order valence-electron chi connectivity index (χ3n) is 6.02. The van der Waals surface area contributed by atoms with Gasteiger partial charge in [-0.05, 0) is 30.7 Å². The molecule has 0 saturated carbocycles. The van der Waals surface area contributed by atoms with Crippen molar-refractivity contribution in [1.29, 1.82) is 0 Å². The molecule has 0 amide bonds. The summed E-state index contributed by atoms with van der Waals surface area (Å²) < 4.78 is 8.46. The molecule has 1 unspecified atom stereocenters. The summed E-state index contributed by atoms with van der Waals surface area (Å²) in [5.74, 6) is 0.797. The van der Waals surface area contributed by atoms with Crippen molar-refractivity contribution in [1.82, 2.24) is 4.57 Å². The van der Waals surface area contributed by atoms with Crippen LogP contribution in [0.25, 0.3) is 5.76 Å². The van der Waals surface area contributed by atoms with Gasteiger partial charge in [-0.2, -0.15) is 0 Å². The third-order valence-corrected chi connectivity index (χ3v) is 6.02. The number of hydrogen-bond donors (Lipinski definition) is 3. The molecule has 1 aliphatic heterocycles. The number of benzene rings is 2. The highest BCUT2D eigenvalue weighted by molar-refractivity contribution is 6.21. The highest BCUT2D eigenvalue weighted by Crippen LogP contribution is 2.43. The second-order valence-electron chi connectivity index (χ2n) is 7.73. The van der Waals surface area contributed by atoms with E-state index >= 15 is 0 Å². The maximum absolute atomic E-state index is 13.4. The van der Waals surface area contributed by atoms with Crippen molar-refractivity contribution in [2.45, 2.75) is 12.8 Å². The van der Waals surface area contributed by atoms with Crippen LogP contribution in [0.15, 0.2) is 58.9 Å². The summed E-state index contributed by atoms with van der Waals surface area (Å²) in [5, 5.41) is 21.7. The van der Waals surface area contributed by atoms with Crippen LogP contribution in [0.5, 0.6) is 11.8 Å². The molecular weight excluding hydrogens is 394 g/mol. The van der Waals surface area contributed by atoms with Gasteiger partial charge in [-0.15, -0.1) is 4.99 Å². The Balaban J connectivity index is 1.88. The average Bonchev–Trinajstić information content (AvgIpc) is 3.07. The summed E-state index contributed by atoms with van der Waals surface area (Å²) in [6.07, 6.45) is 0. The molecular formula is C24H23N3O4+2. The lowest BCUT2D eigenvalue weighted by molar-refractivity contribution is -0.723. The Morgan fingerprint density at radius 1 is 1.13 bits per heavy atom. The molecule has 31 heavy (non-hydrogen) atoms. The van der Waals surface area contributed by atoms with Crippen LogP contribution < -0.4 is 19.9 Å². The van der Waals surface area contributed by atoms with E-state index in [0.29, 0.717) is 34.9 Å². The first-order valence-electron chi connectivity index (χ1n) is 10.2. The second kappa shape index (κ2) is 6.84. The fraction of sp³-hybridized carbons (Fsp3) is 0.208. The highest BCUT2D eigenvalue weighted by atomic mass is 16.5. The van der Waals surface area contributed by atoms with Gasteiger partial charge in [0.25, 0.3) is 5.56 Å². The molecule has 0 spiro atoms. The zero-order valence-electron chi connectivity index (χ0n) is 17.5. The van der Waals surface area contributed by atoms with E-state index in [9.17, 15) is 15.0 Å². The van der Waals surface area contributed by atoms with Crippen LogP contribution in [0.3, 0.4) is 0 Å². The molecule has 0 saturated heterocycles. The SMILES string of the molecule is CCOc1cccc(C2C3=C(O)c4ccccc4C3=[NH+]c3c2c(=O)n(C)c(O)[n+]3C)c1. The number of aliphatic hydroxyl groups excluding tert-OH is 1. The first-order valence-corrected chi connectivity index (χ1v) is 10.2. The number of hydrogen-bond acceptors (Lipinski definition) is 4. The maximum Gasteiger partial charge on any atom is 0.462 e. The predicted molar refractivity (Wildman–Crippen MR) is 115 cm³/mol. The van der Waals surface area contributed by atoms with E-state index in [4.69, 9.17) is 4.74 Å². The van der Waals surface area contributed by atoms with Crippen LogP contribution in [-0.4, -0.2) is 27.1 Å². The predicted octanol–water partition coefficient (Wildman–Crippen LogP) is 0.944. The number of aromatic hydroxyl groups is 1. The molecule has 1 aromatic heterocycles. The van der Waals surface area contributed by atoms with Crippen LogP contribution in [0.4, 0.5) is 5.82 Å². The zero-order chi connectivity index (χ0) is 21.9. The minimum Gasteiger partial charge on any atom is -0.507 e. The van der Waals surface area contributed by atoms with Crippen LogP contribution in [-0.2, 0) is 14.1 Å². The van der Waals surface area contributed by atoms with Gasteiger partial charge in [0, 0.05) is 12.6 Å². The summed E-state index contributed by atoms with van der Waals surface area (Å²) in [6, 6.07) is 15.0. The van der Waals surface area contributed by atoms with E-state index in [1.54, 1.807) is 11.6 Å². The van der Waals surface area contributed by atoms with E-state index in [-0.39, 0.29) is 17.3 Å². The van der Waals surface area contributed by atoms with Crippen LogP contribution in [0.2, 0.25) is 0 Å². The van der Waals surface area contributed by atoms with Crippen LogP contribution in [0, 0.1) is 0 Å². The Morgan fingerprint density at radius 3 is 2.61 bits per heavy atom. The summed E-state index contributed by atoms with van der Waals surface area (Å²) in [5.41, 5.74) is 3.88. The lowest BCUT2D eigenvalue weighted by Crippen LogP contribution is -2.75. The topological polar surface area (TPSA) is 89.5 Å². The van der Waals surface area contributed by atoms with Gasteiger partial charge in [-0.25, -0.2) is 4.57 Å². The summed E-state index contributed by atoms with van der Waals surface area (Å²) in [7, 11) is 3.23. The van der Waals surface area contributed by atoms with Crippen LogP contribution >= 0.6 is 0 Å². The minimum absolute atomic E-state index is 0.147. The lowest BCUT2D eigenvalue weighted by atomic mass is 9.81. The van der Waals surface area contributed by atoms with Crippen molar-refractivity contribution in [2.75, 3.05) is 6.61 Å². The number of nitrogens with one attached hydrogen (secondary N) is 1. The van der Waals surface area contributed by atoms with Gasteiger partial charge >= 0.3 is 11.8 Å². The molecule has 0 radical (unpaired) electrons. The van der Waals surface area contributed by atoms with E-state index < -0.39 is 5.92 Å². The fourth-order valence-electron chi connectivity index (χ4n) is 4.57. The number of fused-ring (bicyclic) bond motifs is 4. The Hall–Kier alpha value is -3.87. The third kappa shape index (κ3) is 2.63. The Morgan fingerprint density at radius 2 is 1.87 bits per heavy atom. The van der Waals surface area contributed by atoms with Crippen LogP contribution in [0.1, 0.15) is 35.1 Å². The standard InChI is InChI=1S/C24H21N3O4/c1-4-31-14-9-7-8-13(12-14)17-18-20(15-10-5-6-11-16(15)21(18)28)25-22-19(17)23(29)27(3)24(30)26(22)2/h5-12,17H,4H2,1-3H3,(H,25,28,29)/p+2. The number of aromatic nitrogens is 2. The summed E-state index contributed by atoms with van der Waals surface area (Å²) in [4.78, 5) is 16.7. The van der Waals surface area contributed by atoms with Gasteiger partial charge in [0.1, 0.15) is 11.5 Å². The van der Waals surface area contributed by atoms with Crippen molar-refractivity contribution in [3.8, 4) is 11.8 Å². The molecule has 3 N–H and O–H groups in total. The van der Waals surface area contributed by atoms with E-state index in [1.807, 2.05) is 55.5 Å². The highest BCUT2D eigenvalue weighted by Gasteiger charge is 2.49. The smallest absolute Gasteiger partial charge is 0.462 e. The molecule has 1 atom stereocenters. The molecule has 3 aromatic rings. The number of allylic oxidation sites excluding steroid dienone is 1. The molecule has 7 heteroatoms. The molecule has 5 rings (SSSR count). The zero-order valence-corrected chi connectivity index (χ0v) is 17.5. The van der Waals surface area contributed by atoms with Gasteiger partial charge in [-0.1, -0.05) is 34.9 Å². The normalized spacial score (nSPS) is 16.5. The number of ether oxygens (including phenoxy) is 1. The Kier molecular flexibility index (Phi) is 4.22. The van der Waals surface area contributed by atoms with Gasteiger partial charge in [0.2, 0.25) is 5.71 Å². The molecule has 156 valence electrons. The van der Waals surface area contributed by atoms with Crippen molar-refractivity contribution < 1.29 is 24.5 Å². The fourth-order valence-corrected chi connectivity index (χ4v) is 4.57. The van der Waals surface area contributed by atoms with Gasteiger partial charge < -0.3 is 14.9 Å². The van der Waals surface area contributed by atoms with Crippen molar-refractivity contribution in [2.24, 2.45) is 14.1 Å². The number of aliphatic hydroxyl groups is 1. The Bertz CT molecular complexity index is 1370. The van der Waals surface area contributed by atoms with E-state index in [2.05, 4.69) is 4.99 Å². The number of rotatable bonds is 3. The molecule has 2 aromatic carbocycles. The largest absolute Gasteiger partial charge is 0.507 e. The van der Waals surface area contributed by atoms with Crippen molar-refractivity contribution in [3.05, 3.63) is 86.7 Å². The molecule has 0 bridgehead atoms.